The lowest BCUT2D eigenvalue weighted by molar-refractivity contribution is 0.346. The van der Waals surface area contributed by atoms with E-state index < -0.39 is 0 Å². The maximum Gasteiger partial charge on any atom is 0.128 e. The van der Waals surface area contributed by atoms with Gasteiger partial charge in [-0.3, -0.25) is 0 Å². The molecule has 0 radical (unpaired) electrons. The Hall–Kier alpha value is -1.13. The lowest BCUT2D eigenvalue weighted by Crippen LogP contribution is -2.32. The number of nitrogens with one attached hydrogen (secondary N) is 1. The average molecular weight is 276 g/mol. The standard InChI is InChI=1S/C16H28N4/c1-14(2)17-13-15-7-6-8-16(18-15)19(3)11-12-20-9-4-5-10-20/h6-8,14,17H,4-5,9-13H2,1-3H3. The van der Waals surface area contributed by atoms with Gasteiger partial charge < -0.3 is 15.1 Å². The average Bonchev–Trinajstić information content (AvgIpc) is 2.96. The molecule has 2 heterocycles. The Morgan fingerprint density at radius 2 is 2.05 bits per heavy atom. The third-order valence-corrected chi connectivity index (χ3v) is 3.82. The van der Waals surface area contributed by atoms with Crippen molar-refractivity contribution in [3.8, 4) is 0 Å². The second kappa shape index (κ2) is 7.60. The van der Waals surface area contributed by atoms with Crippen molar-refractivity contribution >= 4 is 5.82 Å². The molecule has 1 N–H and O–H groups in total. The summed E-state index contributed by atoms with van der Waals surface area (Å²) in [4.78, 5) is 9.54. The van der Waals surface area contributed by atoms with Gasteiger partial charge in [0, 0.05) is 32.7 Å². The molecule has 0 atom stereocenters. The van der Waals surface area contributed by atoms with Crippen molar-refractivity contribution in [1.82, 2.24) is 15.2 Å². The van der Waals surface area contributed by atoms with E-state index in [1.165, 1.54) is 25.9 Å². The Kier molecular flexibility index (Phi) is 5.80. The van der Waals surface area contributed by atoms with Crippen molar-refractivity contribution in [2.45, 2.75) is 39.3 Å². The van der Waals surface area contributed by atoms with Gasteiger partial charge in [0.05, 0.1) is 5.69 Å². The van der Waals surface area contributed by atoms with Gasteiger partial charge in [0.1, 0.15) is 5.82 Å². The third kappa shape index (κ3) is 4.76. The highest BCUT2D eigenvalue weighted by atomic mass is 15.2. The molecule has 4 heteroatoms. The number of hydrogen-bond donors (Lipinski definition) is 1. The number of likely N-dealkylation sites (N-methyl/N-ethyl adjacent to an activating group) is 1. The summed E-state index contributed by atoms with van der Waals surface area (Å²) in [6.07, 6.45) is 2.72. The van der Waals surface area contributed by atoms with Crippen molar-refractivity contribution in [1.29, 1.82) is 0 Å². The topological polar surface area (TPSA) is 31.4 Å². The molecule has 0 amide bonds. The predicted molar refractivity (Wildman–Crippen MR) is 85.2 cm³/mol. The van der Waals surface area contributed by atoms with Crippen LogP contribution in [0.1, 0.15) is 32.4 Å². The van der Waals surface area contributed by atoms with Crippen molar-refractivity contribution in [3.05, 3.63) is 23.9 Å². The summed E-state index contributed by atoms with van der Waals surface area (Å²) >= 11 is 0. The Morgan fingerprint density at radius 1 is 1.30 bits per heavy atom. The first-order chi connectivity index (χ1) is 9.65. The van der Waals surface area contributed by atoms with E-state index in [1.807, 2.05) is 0 Å². The van der Waals surface area contributed by atoms with E-state index in [0.717, 1.165) is 31.1 Å². The van der Waals surface area contributed by atoms with Gasteiger partial charge in [-0.05, 0) is 38.1 Å². The van der Waals surface area contributed by atoms with Crippen LogP contribution in [0.3, 0.4) is 0 Å². The minimum atomic E-state index is 0.494. The maximum atomic E-state index is 4.73. The Morgan fingerprint density at radius 3 is 2.75 bits per heavy atom. The predicted octanol–water partition coefficient (Wildman–Crippen LogP) is 2.11. The molecule has 112 valence electrons. The lowest BCUT2D eigenvalue weighted by Gasteiger charge is -2.22. The molecule has 1 aromatic heterocycles. The second-order valence-electron chi connectivity index (χ2n) is 5.99. The van der Waals surface area contributed by atoms with E-state index >= 15 is 0 Å². The van der Waals surface area contributed by atoms with E-state index in [4.69, 9.17) is 4.98 Å². The van der Waals surface area contributed by atoms with Gasteiger partial charge in [-0.15, -0.1) is 0 Å². The first kappa shape index (κ1) is 15.3. The number of rotatable bonds is 7. The van der Waals surface area contributed by atoms with Crippen molar-refractivity contribution in [2.75, 3.05) is 38.1 Å². The molecule has 2 rings (SSSR count). The molecule has 1 saturated heterocycles. The first-order valence-corrected chi connectivity index (χ1v) is 7.78. The SMILES string of the molecule is CC(C)NCc1cccc(N(C)CCN2CCCC2)n1. The zero-order chi connectivity index (χ0) is 14.4. The summed E-state index contributed by atoms with van der Waals surface area (Å²) in [5, 5.41) is 3.42. The van der Waals surface area contributed by atoms with E-state index in [9.17, 15) is 0 Å². The lowest BCUT2D eigenvalue weighted by atomic mass is 10.3. The Bertz CT molecular complexity index is 399. The van der Waals surface area contributed by atoms with Crippen LogP contribution >= 0.6 is 0 Å². The number of likely N-dealkylation sites (tertiary alicyclic amines) is 1. The molecule has 0 bridgehead atoms. The molecule has 0 spiro atoms. The van der Waals surface area contributed by atoms with Gasteiger partial charge in [-0.1, -0.05) is 19.9 Å². The van der Waals surface area contributed by atoms with Crippen molar-refractivity contribution in [3.63, 3.8) is 0 Å². The normalized spacial score (nSPS) is 16.0. The Labute approximate surface area is 123 Å². The Balaban J connectivity index is 1.84. The molecule has 0 unspecified atom stereocenters. The highest BCUT2D eigenvalue weighted by Gasteiger charge is 2.12. The van der Waals surface area contributed by atoms with Crippen LogP contribution in [-0.4, -0.2) is 49.2 Å². The molecule has 1 aliphatic heterocycles. The fourth-order valence-corrected chi connectivity index (χ4v) is 2.50. The number of pyridine rings is 1. The molecule has 0 aliphatic carbocycles. The fraction of sp³-hybridized carbons (Fsp3) is 0.688. The van der Waals surface area contributed by atoms with Crippen LogP contribution in [-0.2, 0) is 6.54 Å². The number of aromatic nitrogens is 1. The summed E-state index contributed by atoms with van der Waals surface area (Å²) in [6.45, 7) is 9.88. The van der Waals surface area contributed by atoms with Crippen molar-refractivity contribution < 1.29 is 0 Å². The quantitative estimate of drug-likeness (QED) is 0.826. The highest BCUT2D eigenvalue weighted by molar-refractivity contribution is 5.38. The maximum absolute atomic E-state index is 4.73. The largest absolute Gasteiger partial charge is 0.358 e. The van der Waals surface area contributed by atoms with Gasteiger partial charge in [0.25, 0.3) is 0 Å². The summed E-state index contributed by atoms with van der Waals surface area (Å²) < 4.78 is 0. The summed E-state index contributed by atoms with van der Waals surface area (Å²) in [7, 11) is 2.14. The molecule has 4 nitrogen and oxygen atoms in total. The van der Waals surface area contributed by atoms with Gasteiger partial charge in [-0.2, -0.15) is 0 Å². The van der Waals surface area contributed by atoms with Gasteiger partial charge in [-0.25, -0.2) is 4.98 Å². The smallest absolute Gasteiger partial charge is 0.128 e. The summed E-state index contributed by atoms with van der Waals surface area (Å²) in [5.41, 5.74) is 1.12. The van der Waals surface area contributed by atoms with Crippen LogP contribution in [0, 0.1) is 0 Å². The van der Waals surface area contributed by atoms with Gasteiger partial charge in [0.15, 0.2) is 0 Å². The van der Waals surface area contributed by atoms with Crippen LogP contribution < -0.4 is 10.2 Å². The van der Waals surface area contributed by atoms with Crippen LogP contribution in [0.4, 0.5) is 5.82 Å². The molecule has 1 aliphatic rings. The van der Waals surface area contributed by atoms with Crippen LogP contribution in [0.2, 0.25) is 0 Å². The molecule has 20 heavy (non-hydrogen) atoms. The zero-order valence-corrected chi connectivity index (χ0v) is 13.1. The second-order valence-corrected chi connectivity index (χ2v) is 5.99. The number of anilines is 1. The first-order valence-electron chi connectivity index (χ1n) is 7.78. The van der Waals surface area contributed by atoms with Crippen LogP contribution in [0.15, 0.2) is 18.2 Å². The molecule has 0 aromatic carbocycles. The van der Waals surface area contributed by atoms with E-state index in [-0.39, 0.29) is 0 Å². The monoisotopic (exact) mass is 276 g/mol. The molecule has 0 saturated carbocycles. The number of nitrogens with zero attached hydrogens (tertiary/aromatic N) is 3. The summed E-state index contributed by atoms with van der Waals surface area (Å²) in [6, 6.07) is 6.79. The number of hydrogen-bond acceptors (Lipinski definition) is 4. The van der Waals surface area contributed by atoms with Crippen molar-refractivity contribution in [2.24, 2.45) is 0 Å². The molecular formula is C16H28N4. The van der Waals surface area contributed by atoms with E-state index in [2.05, 4.69) is 54.2 Å². The van der Waals surface area contributed by atoms with Crippen LogP contribution in [0.5, 0.6) is 0 Å². The minimum absolute atomic E-state index is 0.494. The van der Waals surface area contributed by atoms with Crippen LogP contribution in [0.25, 0.3) is 0 Å². The molecular weight excluding hydrogens is 248 g/mol. The minimum Gasteiger partial charge on any atom is -0.358 e. The molecule has 1 aromatic rings. The highest BCUT2D eigenvalue weighted by Crippen LogP contribution is 2.11. The summed E-state index contributed by atoms with van der Waals surface area (Å²) in [5.74, 6) is 1.08. The third-order valence-electron chi connectivity index (χ3n) is 3.82. The van der Waals surface area contributed by atoms with E-state index in [0.29, 0.717) is 6.04 Å². The van der Waals surface area contributed by atoms with Gasteiger partial charge >= 0.3 is 0 Å². The zero-order valence-electron chi connectivity index (χ0n) is 13.1. The molecule has 1 fully saturated rings. The van der Waals surface area contributed by atoms with Gasteiger partial charge in [0.2, 0.25) is 0 Å². The fourth-order valence-electron chi connectivity index (χ4n) is 2.50. The van der Waals surface area contributed by atoms with E-state index in [1.54, 1.807) is 0 Å².